The molecule has 0 saturated carbocycles. The lowest BCUT2D eigenvalue weighted by Crippen LogP contribution is -2.18. The quantitative estimate of drug-likeness (QED) is 0.605. The summed E-state index contributed by atoms with van der Waals surface area (Å²) in [6.07, 6.45) is 0. The number of hydroxylamine groups is 1. The Labute approximate surface area is 107 Å². The molecule has 5 heteroatoms. The maximum Gasteiger partial charge on any atom is 0.117 e. The van der Waals surface area contributed by atoms with Crippen LogP contribution in [-0.4, -0.2) is 22.0 Å². The van der Waals surface area contributed by atoms with Gasteiger partial charge in [0.2, 0.25) is 0 Å². The molecule has 0 aliphatic rings. The molecule has 1 aromatic heterocycles. The Morgan fingerprint density at radius 3 is 2.72 bits per heavy atom. The normalized spacial score (nSPS) is 11.1. The van der Waals surface area contributed by atoms with Gasteiger partial charge in [-0.2, -0.15) is 20.9 Å². The molecular formula is C13H18N4O. The molecule has 0 amide bonds. The summed E-state index contributed by atoms with van der Waals surface area (Å²) in [5, 5.41) is 11.0. The first-order valence-corrected chi connectivity index (χ1v) is 6.07. The maximum atomic E-state index is 5.33. The molecule has 0 radical (unpaired) electrons. The highest BCUT2D eigenvalue weighted by Crippen LogP contribution is 2.18. The SMILES string of the molecule is CC(C)CONCc1n[nH]nc1-c1ccccc1. The maximum absolute atomic E-state index is 5.33. The summed E-state index contributed by atoms with van der Waals surface area (Å²) in [5.74, 6) is 0.503. The van der Waals surface area contributed by atoms with E-state index in [0.717, 1.165) is 17.0 Å². The Kier molecular flexibility index (Phi) is 4.44. The van der Waals surface area contributed by atoms with Crippen molar-refractivity contribution in [3.63, 3.8) is 0 Å². The lowest BCUT2D eigenvalue weighted by molar-refractivity contribution is 0.0191. The summed E-state index contributed by atoms with van der Waals surface area (Å²) in [6.45, 7) is 5.42. The third-order valence-corrected chi connectivity index (χ3v) is 2.43. The Bertz CT molecular complexity index is 467. The van der Waals surface area contributed by atoms with Gasteiger partial charge in [0.1, 0.15) is 11.4 Å². The molecule has 0 fully saturated rings. The fourth-order valence-corrected chi connectivity index (χ4v) is 1.55. The number of nitrogens with one attached hydrogen (secondary N) is 2. The van der Waals surface area contributed by atoms with E-state index in [9.17, 15) is 0 Å². The standard InChI is InChI=1S/C13H18N4O/c1-10(2)9-18-14-8-12-13(16-17-15-12)11-6-4-3-5-7-11/h3-7,10,14H,8-9H2,1-2H3,(H,15,16,17). The van der Waals surface area contributed by atoms with Gasteiger partial charge in [0.25, 0.3) is 0 Å². The van der Waals surface area contributed by atoms with Gasteiger partial charge in [-0.25, -0.2) is 0 Å². The Morgan fingerprint density at radius 1 is 1.22 bits per heavy atom. The monoisotopic (exact) mass is 246 g/mol. The van der Waals surface area contributed by atoms with Gasteiger partial charge in [0, 0.05) is 5.56 Å². The number of benzene rings is 1. The second kappa shape index (κ2) is 6.28. The van der Waals surface area contributed by atoms with Crippen molar-refractivity contribution >= 4 is 0 Å². The third kappa shape index (κ3) is 3.38. The number of hydrogen-bond acceptors (Lipinski definition) is 4. The summed E-state index contributed by atoms with van der Waals surface area (Å²) >= 11 is 0. The average Bonchev–Trinajstić information content (AvgIpc) is 2.84. The topological polar surface area (TPSA) is 62.8 Å². The molecular weight excluding hydrogens is 228 g/mol. The van der Waals surface area contributed by atoms with Crippen molar-refractivity contribution in [1.29, 1.82) is 0 Å². The number of rotatable bonds is 6. The minimum atomic E-state index is 0.503. The van der Waals surface area contributed by atoms with Crippen LogP contribution in [0, 0.1) is 5.92 Å². The molecule has 2 rings (SSSR count). The van der Waals surface area contributed by atoms with E-state index in [-0.39, 0.29) is 0 Å². The molecule has 96 valence electrons. The number of H-pyrrole nitrogens is 1. The van der Waals surface area contributed by atoms with E-state index < -0.39 is 0 Å². The predicted molar refractivity (Wildman–Crippen MR) is 69.4 cm³/mol. The van der Waals surface area contributed by atoms with E-state index in [1.807, 2.05) is 30.3 Å². The molecule has 0 aliphatic carbocycles. The molecule has 0 saturated heterocycles. The minimum absolute atomic E-state index is 0.503. The first kappa shape index (κ1) is 12.7. The molecule has 1 aromatic carbocycles. The fourth-order valence-electron chi connectivity index (χ4n) is 1.55. The third-order valence-electron chi connectivity index (χ3n) is 2.43. The number of hydrogen-bond donors (Lipinski definition) is 2. The van der Waals surface area contributed by atoms with Gasteiger partial charge in [-0.1, -0.05) is 44.2 Å². The molecule has 18 heavy (non-hydrogen) atoms. The highest BCUT2D eigenvalue weighted by atomic mass is 16.6. The molecule has 0 spiro atoms. The fraction of sp³-hybridized carbons (Fsp3) is 0.385. The number of aromatic amines is 1. The highest BCUT2D eigenvalue weighted by molar-refractivity contribution is 5.60. The molecule has 0 unspecified atom stereocenters. The number of nitrogens with zero attached hydrogens (tertiary/aromatic N) is 2. The summed E-state index contributed by atoms with van der Waals surface area (Å²) < 4.78 is 0. The van der Waals surface area contributed by atoms with Crippen LogP contribution in [0.1, 0.15) is 19.5 Å². The van der Waals surface area contributed by atoms with Crippen molar-refractivity contribution in [1.82, 2.24) is 20.9 Å². The second-order valence-corrected chi connectivity index (χ2v) is 4.51. The lowest BCUT2D eigenvalue weighted by Gasteiger charge is -2.07. The molecule has 0 aliphatic heterocycles. The molecule has 0 bridgehead atoms. The molecule has 0 atom stereocenters. The van der Waals surface area contributed by atoms with E-state index in [1.165, 1.54) is 0 Å². The summed E-state index contributed by atoms with van der Waals surface area (Å²) in [4.78, 5) is 5.33. The van der Waals surface area contributed by atoms with Gasteiger partial charge >= 0.3 is 0 Å². The predicted octanol–water partition coefficient (Wildman–Crippen LogP) is 2.15. The molecule has 5 nitrogen and oxygen atoms in total. The first-order chi connectivity index (χ1) is 8.77. The van der Waals surface area contributed by atoms with Crippen molar-refractivity contribution in [2.75, 3.05) is 6.61 Å². The second-order valence-electron chi connectivity index (χ2n) is 4.51. The molecule has 2 aromatic rings. The Morgan fingerprint density at radius 2 is 2.00 bits per heavy atom. The highest BCUT2D eigenvalue weighted by Gasteiger charge is 2.09. The van der Waals surface area contributed by atoms with Gasteiger partial charge in [-0.15, -0.1) is 0 Å². The van der Waals surface area contributed by atoms with Crippen molar-refractivity contribution in [3.05, 3.63) is 36.0 Å². The zero-order chi connectivity index (χ0) is 12.8. The van der Waals surface area contributed by atoms with Gasteiger partial charge < -0.3 is 4.84 Å². The van der Waals surface area contributed by atoms with Crippen LogP contribution in [0.15, 0.2) is 30.3 Å². The van der Waals surface area contributed by atoms with E-state index in [2.05, 4.69) is 34.7 Å². The van der Waals surface area contributed by atoms with Crippen LogP contribution in [0.2, 0.25) is 0 Å². The van der Waals surface area contributed by atoms with E-state index in [4.69, 9.17) is 4.84 Å². The van der Waals surface area contributed by atoms with Crippen molar-refractivity contribution < 1.29 is 4.84 Å². The van der Waals surface area contributed by atoms with Crippen molar-refractivity contribution in [2.24, 2.45) is 5.92 Å². The van der Waals surface area contributed by atoms with Gasteiger partial charge in [0.15, 0.2) is 0 Å². The Hall–Kier alpha value is -1.72. The lowest BCUT2D eigenvalue weighted by atomic mass is 10.1. The molecule has 2 N–H and O–H groups in total. The van der Waals surface area contributed by atoms with Gasteiger partial charge in [-0.05, 0) is 5.92 Å². The molecule has 1 heterocycles. The van der Waals surface area contributed by atoms with Crippen molar-refractivity contribution in [2.45, 2.75) is 20.4 Å². The minimum Gasteiger partial charge on any atom is -0.301 e. The largest absolute Gasteiger partial charge is 0.301 e. The van der Waals surface area contributed by atoms with Gasteiger partial charge in [-0.3, -0.25) is 0 Å². The van der Waals surface area contributed by atoms with Crippen LogP contribution in [0.3, 0.4) is 0 Å². The first-order valence-electron chi connectivity index (χ1n) is 6.07. The zero-order valence-electron chi connectivity index (χ0n) is 10.7. The van der Waals surface area contributed by atoms with Crippen LogP contribution in [0.5, 0.6) is 0 Å². The van der Waals surface area contributed by atoms with Crippen LogP contribution in [0.4, 0.5) is 0 Å². The van der Waals surface area contributed by atoms with Crippen LogP contribution < -0.4 is 5.48 Å². The average molecular weight is 246 g/mol. The van der Waals surface area contributed by atoms with Crippen molar-refractivity contribution in [3.8, 4) is 11.3 Å². The summed E-state index contributed by atoms with van der Waals surface area (Å²) in [7, 11) is 0. The zero-order valence-corrected chi connectivity index (χ0v) is 10.7. The van der Waals surface area contributed by atoms with Crippen LogP contribution in [-0.2, 0) is 11.4 Å². The van der Waals surface area contributed by atoms with Crippen LogP contribution >= 0.6 is 0 Å². The van der Waals surface area contributed by atoms with E-state index >= 15 is 0 Å². The van der Waals surface area contributed by atoms with E-state index in [1.54, 1.807) is 0 Å². The summed E-state index contributed by atoms with van der Waals surface area (Å²) in [5.41, 5.74) is 5.66. The summed E-state index contributed by atoms with van der Waals surface area (Å²) in [6, 6.07) is 9.97. The van der Waals surface area contributed by atoms with Crippen LogP contribution in [0.25, 0.3) is 11.3 Å². The number of aromatic nitrogens is 3. The smallest absolute Gasteiger partial charge is 0.117 e. The van der Waals surface area contributed by atoms with E-state index in [0.29, 0.717) is 19.1 Å². The Balaban J connectivity index is 1.96. The van der Waals surface area contributed by atoms with Gasteiger partial charge in [0.05, 0.1) is 13.2 Å².